The molecule has 1 aliphatic heterocycles. The van der Waals surface area contributed by atoms with E-state index in [2.05, 4.69) is 0 Å². The fourth-order valence-corrected chi connectivity index (χ4v) is 2.45. The van der Waals surface area contributed by atoms with E-state index in [-0.39, 0.29) is 12.1 Å². The van der Waals surface area contributed by atoms with Gasteiger partial charge in [0.15, 0.2) is 6.10 Å². The summed E-state index contributed by atoms with van der Waals surface area (Å²) in [6, 6.07) is 14.0. The number of nitrogens with zero attached hydrogens (tertiary/aromatic N) is 1. The number of fused-ring (bicyclic) bond motifs is 1. The summed E-state index contributed by atoms with van der Waals surface area (Å²) in [6.45, 7) is 2.04. The first-order chi connectivity index (χ1) is 9.56. The standard InChI is InChI=1S/C17H17NO2/c1-11-4-6-12(7-5-11)16-14-9-8-13(18(2)3)10-15(14)17(19)20-16/h4-10,16H,1-3H3. The molecule has 0 spiro atoms. The number of hydrogen-bond donors (Lipinski definition) is 0. The molecule has 2 aromatic carbocycles. The molecule has 1 unspecified atom stereocenters. The number of hydrogen-bond acceptors (Lipinski definition) is 3. The summed E-state index contributed by atoms with van der Waals surface area (Å²) < 4.78 is 5.53. The van der Waals surface area contributed by atoms with Gasteiger partial charge in [-0.1, -0.05) is 35.9 Å². The van der Waals surface area contributed by atoms with Crippen LogP contribution in [0.4, 0.5) is 5.69 Å². The average Bonchev–Trinajstić information content (AvgIpc) is 2.76. The molecule has 2 aromatic rings. The fraction of sp³-hybridized carbons (Fsp3) is 0.235. The number of anilines is 1. The van der Waals surface area contributed by atoms with Crippen LogP contribution in [0.1, 0.15) is 33.2 Å². The second-order valence-corrected chi connectivity index (χ2v) is 5.36. The lowest BCUT2D eigenvalue weighted by Gasteiger charge is -2.14. The van der Waals surface area contributed by atoms with E-state index in [1.54, 1.807) is 0 Å². The first kappa shape index (κ1) is 12.7. The Morgan fingerprint density at radius 2 is 1.75 bits per heavy atom. The van der Waals surface area contributed by atoms with Crippen molar-refractivity contribution in [3.63, 3.8) is 0 Å². The van der Waals surface area contributed by atoms with Gasteiger partial charge in [0.05, 0.1) is 5.56 Å². The van der Waals surface area contributed by atoms with Crippen LogP contribution < -0.4 is 4.90 Å². The molecule has 1 atom stereocenters. The Morgan fingerprint density at radius 3 is 2.40 bits per heavy atom. The Hall–Kier alpha value is -2.29. The molecule has 0 bridgehead atoms. The van der Waals surface area contributed by atoms with Crippen molar-refractivity contribution in [2.24, 2.45) is 0 Å². The van der Waals surface area contributed by atoms with E-state index in [1.165, 1.54) is 5.56 Å². The van der Waals surface area contributed by atoms with Gasteiger partial charge >= 0.3 is 5.97 Å². The maximum atomic E-state index is 12.1. The minimum Gasteiger partial charge on any atom is -0.449 e. The van der Waals surface area contributed by atoms with E-state index in [0.29, 0.717) is 5.56 Å². The lowest BCUT2D eigenvalue weighted by molar-refractivity contribution is 0.0456. The smallest absolute Gasteiger partial charge is 0.339 e. The summed E-state index contributed by atoms with van der Waals surface area (Å²) in [5.41, 5.74) is 4.83. The van der Waals surface area contributed by atoms with Gasteiger partial charge in [0.2, 0.25) is 0 Å². The summed E-state index contributed by atoms with van der Waals surface area (Å²) in [5.74, 6) is -0.241. The first-order valence-corrected chi connectivity index (χ1v) is 6.65. The third-order valence-corrected chi connectivity index (χ3v) is 3.66. The van der Waals surface area contributed by atoms with E-state index < -0.39 is 0 Å². The topological polar surface area (TPSA) is 29.5 Å². The highest BCUT2D eigenvalue weighted by atomic mass is 16.5. The summed E-state index contributed by atoms with van der Waals surface area (Å²) in [7, 11) is 3.92. The maximum absolute atomic E-state index is 12.1. The van der Waals surface area contributed by atoms with Gasteiger partial charge in [-0.2, -0.15) is 0 Å². The van der Waals surface area contributed by atoms with Crippen LogP contribution in [0.15, 0.2) is 42.5 Å². The highest BCUT2D eigenvalue weighted by molar-refractivity contribution is 5.95. The first-order valence-electron chi connectivity index (χ1n) is 6.65. The van der Waals surface area contributed by atoms with Crippen LogP contribution in [0.25, 0.3) is 0 Å². The largest absolute Gasteiger partial charge is 0.449 e. The number of aryl methyl sites for hydroxylation is 1. The van der Waals surface area contributed by atoms with Crippen LogP contribution in [0.5, 0.6) is 0 Å². The van der Waals surface area contributed by atoms with E-state index in [0.717, 1.165) is 16.8 Å². The van der Waals surface area contributed by atoms with Gasteiger partial charge in [-0.05, 0) is 24.6 Å². The summed E-state index contributed by atoms with van der Waals surface area (Å²) >= 11 is 0. The number of ether oxygens (including phenoxy) is 1. The van der Waals surface area contributed by atoms with Gasteiger partial charge in [-0.3, -0.25) is 0 Å². The maximum Gasteiger partial charge on any atom is 0.339 e. The van der Waals surface area contributed by atoms with Crippen molar-refractivity contribution in [2.75, 3.05) is 19.0 Å². The number of rotatable bonds is 2. The van der Waals surface area contributed by atoms with Crippen molar-refractivity contribution >= 4 is 11.7 Å². The quantitative estimate of drug-likeness (QED) is 0.782. The van der Waals surface area contributed by atoms with Crippen molar-refractivity contribution in [2.45, 2.75) is 13.0 Å². The van der Waals surface area contributed by atoms with Crippen molar-refractivity contribution in [1.29, 1.82) is 0 Å². The molecule has 20 heavy (non-hydrogen) atoms. The van der Waals surface area contributed by atoms with E-state index in [4.69, 9.17) is 4.74 Å². The predicted molar refractivity (Wildman–Crippen MR) is 79.2 cm³/mol. The van der Waals surface area contributed by atoms with E-state index in [1.807, 2.05) is 68.4 Å². The minimum absolute atomic E-state index is 0.241. The monoisotopic (exact) mass is 267 g/mol. The molecule has 0 aliphatic carbocycles. The van der Waals surface area contributed by atoms with Crippen LogP contribution in [-0.2, 0) is 4.74 Å². The second-order valence-electron chi connectivity index (χ2n) is 5.36. The molecule has 102 valence electrons. The molecule has 3 rings (SSSR count). The van der Waals surface area contributed by atoms with Crippen LogP contribution >= 0.6 is 0 Å². The van der Waals surface area contributed by atoms with Gasteiger partial charge in [0.1, 0.15) is 0 Å². The molecule has 1 aliphatic rings. The highest BCUT2D eigenvalue weighted by Gasteiger charge is 2.32. The molecule has 1 heterocycles. The van der Waals surface area contributed by atoms with Crippen molar-refractivity contribution in [1.82, 2.24) is 0 Å². The molecule has 0 saturated carbocycles. The van der Waals surface area contributed by atoms with Gasteiger partial charge in [-0.15, -0.1) is 0 Å². The van der Waals surface area contributed by atoms with Crippen molar-refractivity contribution < 1.29 is 9.53 Å². The van der Waals surface area contributed by atoms with Crippen molar-refractivity contribution in [3.8, 4) is 0 Å². The van der Waals surface area contributed by atoms with Gasteiger partial charge < -0.3 is 9.64 Å². The number of cyclic esters (lactones) is 1. The lowest BCUT2D eigenvalue weighted by atomic mass is 9.98. The van der Waals surface area contributed by atoms with Crippen LogP contribution in [-0.4, -0.2) is 20.1 Å². The van der Waals surface area contributed by atoms with Gasteiger partial charge in [-0.25, -0.2) is 4.79 Å². The van der Waals surface area contributed by atoms with Crippen LogP contribution in [0.2, 0.25) is 0 Å². The minimum atomic E-state index is -0.283. The third kappa shape index (κ3) is 2.05. The Bertz CT molecular complexity index is 659. The summed E-state index contributed by atoms with van der Waals surface area (Å²) in [5, 5.41) is 0. The van der Waals surface area contributed by atoms with Crippen LogP contribution in [0.3, 0.4) is 0 Å². The number of carbonyl (C=O) groups excluding carboxylic acids is 1. The summed E-state index contributed by atoms with van der Waals surface area (Å²) in [4.78, 5) is 14.0. The molecule has 0 fully saturated rings. The molecular formula is C17H17NO2. The predicted octanol–water partition coefficient (Wildman–Crippen LogP) is 3.32. The molecule has 0 radical (unpaired) electrons. The molecule has 0 aromatic heterocycles. The van der Waals surface area contributed by atoms with Gasteiger partial charge in [0.25, 0.3) is 0 Å². The normalized spacial score (nSPS) is 16.8. The number of benzene rings is 2. The molecular weight excluding hydrogens is 250 g/mol. The zero-order valence-corrected chi connectivity index (χ0v) is 11.9. The molecule has 0 amide bonds. The number of carbonyl (C=O) groups is 1. The second kappa shape index (κ2) is 4.67. The van der Waals surface area contributed by atoms with Crippen molar-refractivity contribution in [3.05, 3.63) is 64.7 Å². The van der Waals surface area contributed by atoms with E-state index >= 15 is 0 Å². The SMILES string of the molecule is Cc1ccc(C2OC(=O)c3cc(N(C)C)ccc32)cc1. The average molecular weight is 267 g/mol. The fourth-order valence-electron chi connectivity index (χ4n) is 2.45. The number of esters is 1. The van der Waals surface area contributed by atoms with Gasteiger partial charge in [0, 0.05) is 25.3 Å². The Labute approximate surface area is 118 Å². The Balaban J connectivity index is 2.04. The van der Waals surface area contributed by atoms with E-state index in [9.17, 15) is 4.79 Å². The summed E-state index contributed by atoms with van der Waals surface area (Å²) in [6.07, 6.45) is -0.283. The molecule has 0 saturated heterocycles. The van der Waals surface area contributed by atoms with Crippen LogP contribution in [0, 0.1) is 6.92 Å². The Morgan fingerprint density at radius 1 is 1.05 bits per heavy atom. The molecule has 3 nitrogen and oxygen atoms in total. The third-order valence-electron chi connectivity index (χ3n) is 3.66. The zero-order valence-electron chi connectivity index (χ0n) is 11.9. The lowest BCUT2D eigenvalue weighted by Crippen LogP contribution is -2.09. The highest BCUT2D eigenvalue weighted by Crippen LogP contribution is 2.37. The Kier molecular flexibility index (Phi) is 2.97. The molecule has 0 N–H and O–H groups in total. The zero-order chi connectivity index (χ0) is 14.3. The molecule has 3 heteroatoms.